The van der Waals surface area contributed by atoms with Crippen LogP contribution >= 0.6 is 0 Å². The second kappa shape index (κ2) is 7.66. The maximum absolute atomic E-state index is 14.0. The van der Waals surface area contributed by atoms with Gasteiger partial charge in [0.2, 0.25) is 0 Å². The Balaban J connectivity index is 1.84. The van der Waals surface area contributed by atoms with Crippen LogP contribution in [0.2, 0.25) is 0 Å². The molecule has 0 spiro atoms. The third kappa shape index (κ3) is 4.03. The fourth-order valence-electron chi connectivity index (χ4n) is 3.20. The van der Waals surface area contributed by atoms with Gasteiger partial charge >= 0.3 is 6.61 Å². The average molecular weight is 378 g/mol. The van der Waals surface area contributed by atoms with Gasteiger partial charge in [0.25, 0.3) is 5.91 Å². The fourth-order valence-corrected chi connectivity index (χ4v) is 3.20. The highest BCUT2D eigenvalue weighted by Gasteiger charge is 2.26. The Bertz CT molecular complexity index is 901. The second-order valence-electron chi connectivity index (χ2n) is 6.08. The van der Waals surface area contributed by atoms with Crippen LogP contribution in [0.1, 0.15) is 45.9 Å². The summed E-state index contributed by atoms with van der Waals surface area (Å²) in [5, 5.41) is 11.3. The van der Waals surface area contributed by atoms with E-state index in [-0.39, 0.29) is 11.3 Å². The summed E-state index contributed by atoms with van der Waals surface area (Å²) in [7, 11) is 0. The maximum Gasteiger partial charge on any atom is 0.387 e. The molecule has 27 heavy (non-hydrogen) atoms. The molecule has 1 atom stereocenters. The van der Waals surface area contributed by atoms with Crippen LogP contribution in [0.3, 0.4) is 0 Å². The smallest absolute Gasteiger partial charge is 0.387 e. The molecule has 1 aliphatic rings. The Labute approximate surface area is 152 Å². The SMILES string of the molecule is N#Cc1cc(F)c(C(=O)NC2CCCc3cc(OC(F)F)ccc32)c(F)c1. The number of hydrogen-bond donors (Lipinski definition) is 1. The first-order valence-electron chi connectivity index (χ1n) is 8.16. The largest absolute Gasteiger partial charge is 0.435 e. The number of rotatable bonds is 4. The van der Waals surface area contributed by atoms with E-state index >= 15 is 0 Å². The third-order valence-electron chi connectivity index (χ3n) is 4.36. The van der Waals surface area contributed by atoms with Crippen LogP contribution in [0.25, 0.3) is 0 Å². The Morgan fingerprint density at radius 2 is 1.93 bits per heavy atom. The molecule has 3 rings (SSSR count). The summed E-state index contributed by atoms with van der Waals surface area (Å²) >= 11 is 0. The molecule has 0 aliphatic heterocycles. The van der Waals surface area contributed by atoms with Crippen LogP contribution < -0.4 is 10.1 Å². The van der Waals surface area contributed by atoms with Crippen molar-refractivity contribution in [3.8, 4) is 11.8 Å². The predicted molar refractivity (Wildman–Crippen MR) is 87.3 cm³/mol. The van der Waals surface area contributed by atoms with Crippen molar-refractivity contribution in [2.24, 2.45) is 0 Å². The van der Waals surface area contributed by atoms with Crippen molar-refractivity contribution in [1.82, 2.24) is 5.32 Å². The number of nitriles is 1. The summed E-state index contributed by atoms with van der Waals surface area (Å²) in [5.74, 6) is -3.18. The molecule has 1 aliphatic carbocycles. The van der Waals surface area contributed by atoms with Crippen molar-refractivity contribution in [2.45, 2.75) is 31.9 Å². The van der Waals surface area contributed by atoms with Crippen molar-refractivity contribution in [1.29, 1.82) is 5.26 Å². The van der Waals surface area contributed by atoms with Gasteiger partial charge < -0.3 is 10.1 Å². The summed E-state index contributed by atoms with van der Waals surface area (Å²) in [5.41, 5.74) is 0.422. The first-order chi connectivity index (χ1) is 12.9. The van der Waals surface area contributed by atoms with Gasteiger partial charge in [-0.3, -0.25) is 4.79 Å². The highest BCUT2D eigenvalue weighted by molar-refractivity contribution is 5.95. The lowest BCUT2D eigenvalue weighted by molar-refractivity contribution is -0.0499. The first kappa shape index (κ1) is 18.7. The second-order valence-corrected chi connectivity index (χ2v) is 6.08. The molecule has 2 aromatic carbocycles. The standard InChI is InChI=1S/C19H14F4N2O2/c20-14-6-10(9-24)7-15(21)17(14)18(26)25-16-3-1-2-11-8-12(27-19(22)23)4-5-13(11)16/h4-8,16,19H,1-3H2,(H,25,26). The Kier molecular flexibility index (Phi) is 5.31. The summed E-state index contributed by atoms with van der Waals surface area (Å²) in [6, 6.07) is 7.07. The van der Waals surface area contributed by atoms with Crippen LogP contribution in [0.15, 0.2) is 30.3 Å². The minimum Gasteiger partial charge on any atom is -0.435 e. The van der Waals surface area contributed by atoms with Gasteiger partial charge in [-0.2, -0.15) is 14.0 Å². The molecule has 1 unspecified atom stereocenters. The van der Waals surface area contributed by atoms with E-state index in [4.69, 9.17) is 5.26 Å². The van der Waals surface area contributed by atoms with Crippen molar-refractivity contribution in [3.05, 3.63) is 64.2 Å². The van der Waals surface area contributed by atoms with E-state index in [2.05, 4.69) is 10.1 Å². The summed E-state index contributed by atoms with van der Waals surface area (Å²) in [4.78, 5) is 12.4. The maximum atomic E-state index is 14.0. The number of alkyl halides is 2. The molecule has 140 valence electrons. The van der Waals surface area contributed by atoms with Crippen LogP contribution in [0.5, 0.6) is 5.75 Å². The highest BCUT2D eigenvalue weighted by atomic mass is 19.3. The zero-order valence-electron chi connectivity index (χ0n) is 13.9. The average Bonchev–Trinajstić information content (AvgIpc) is 2.60. The molecular weight excluding hydrogens is 364 g/mol. The number of carbonyl (C=O) groups excluding carboxylic acids is 1. The Morgan fingerprint density at radius 3 is 2.56 bits per heavy atom. The van der Waals surface area contributed by atoms with E-state index < -0.39 is 35.8 Å². The van der Waals surface area contributed by atoms with E-state index in [1.165, 1.54) is 12.1 Å². The fraction of sp³-hybridized carbons (Fsp3) is 0.263. The molecule has 0 saturated carbocycles. The number of ether oxygens (including phenoxy) is 1. The number of amides is 1. The van der Waals surface area contributed by atoms with Gasteiger partial charge in [-0.25, -0.2) is 8.78 Å². The number of benzene rings is 2. The first-order valence-corrected chi connectivity index (χ1v) is 8.16. The minimum atomic E-state index is -2.94. The third-order valence-corrected chi connectivity index (χ3v) is 4.36. The summed E-state index contributed by atoms with van der Waals surface area (Å²) < 4.78 is 57.1. The molecule has 0 heterocycles. The van der Waals surface area contributed by atoms with E-state index in [1.54, 1.807) is 12.1 Å². The number of fused-ring (bicyclic) bond motifs is 1. The van der Waals surface area contributed by atoms with E-state index in [9.17, 15) is 22.4 Å². The van der Waals surface area contributed by atoms with Crippen LogP contribution in [-0.2, 0) is 6.42 Å². The van der Waals surface area contributed by atoms with Gasteiger partial charge in [-0.15, -0.1) is 0 Å². The van der Waals surface area contributed by atoms with Crippen LogP contribution in [0.4, 0.5) is 17.6 Å². The molecule has 0 bridgehead atoms. The minimum absolute atomic E-state index is 0.0138. The molecule has 1 N–H and O–H groups in total. The number of nitrogens with one attached hydrogen (secondary N) is 1. The van der Waals surface area contributed by atoms with Gasteiger partial charge in [-0.05, 0) is 54.7 Å². The van der Waals surface area contributed by atoms with Crippen molar-refractivity contribution >= 4 is 5.91 Å². The van der Waals surface area contributed by atoms with Gasteiger partial charge in [0.15, 0.2) is 0 Å². The molecule has 4 nitrogen and oxygen atoms in total. The van der Waals surface area contributed by atoms with Crippen LogP contribution in [0, 0.1) is 23.0 Å². The topological polar surface area (TPSA) is 62.1 Å². The zero-order valence-corrected chi connectivity index (χ0v) is 13.9. The number of hydrogen-bond acceptors (Lipinski definition) is 3. The quantitative estimate of drug-likeness (QED) is 0.810. The molecule has 0 saturated heterocycles. The predicted octanol–water partition coefficient (Wildman–Crippen LogP) is 4.25. The van der Waals surface area contributed by atoms with Crippen molar-refractivity contribution in [2.75, 3.05) is 0 Å². The highest BCUT2D eigenvalue weighted by Crippen LogP contribution is 2.33. The Morgan fingerprint density at radius 1 is 1.22 bits per heavy atom. The van der Waals surface area contributed by atoms with E-state index in [0.29, 0.717) is 24.8 Å². The monoisotopic (exact) mass is 378 g/mol. The molecule has 8 heteroatoms. The molecule has 1 amide bonds. The number of nitrogens with zero attached hydrogens (tertiary/aromatic N) is 1. The van der Waals surface area contributed by atoms with Gasteiger partial charge in [0, 0.05) is 0 Å². The normalized spacial score (nSPS) is 15.8. The van der Waals surface area contributed by atoms with Crippen molar-refractivity contribution < 1.29 is 27.1 Å². The molecule has 0 fully saturated rings. The number of carbonyl (C=O) groups is 1. The molecular formula is C19H14F4N2O2. The summed E-state index contributed by atoms with van der Waals surface area (Å²) in [6.07, 6.45) is 1.81. The lowest BCUT2D eigenvalue weighted by atomic mass is 9.87. The number of aryl methyl sites for hydroxylation is 1. The number of halogens is 4. The Hall–Kier alpha value is -3.08. The van der Waals surface area contributed by atoms with Crippen LogP contribution in [-0.4, -0.2) is 12.5 Å². The summed E-state index contributed by atoms with van der Waals surface area (Å²) in [6.45, 7) is -2.94. The van der Waals surface area contributed by atoms with Gasteiger partial charge in [-0.1, -0.05) is 6.07 Å². The lowest BCUT2D eigenvalue weighted by Crippen LogP contribution is -2.32. The van der Waals surface area contributed by atoms with Gasteiger partial charge in [0.1, 0.15) is 22.9 Å². The molecule has 2 aromatic rings. The van der Waals surface area contributed by atoms with Gasteiger partial charge in [0.05, 0.1) is 17.7 Å². The lowest BCUT2D eigenvalue weighted by Gasteiger charge is -2.27. The van der Waals surface area contributed by atoms with Crippen molar-refractivity contribution in [3.63, 3.8) is 0 Å². The zero-order chi connectivity index (χ0) is 19.6. The van der Waals surface area contributed by atoms with E-state index in [1.807, 2.05) is 0 Å². The molecule has 0 aromatic heterocycles. The van der Waals surface area contributed by atoms with E-state index in [0.717, 1.165) is 17.7 Å². The molecule has 0 radical (unpaired) electrons.